The summed E-state index contributed by atoms with van der Waals surface area (Å²) in [6, 6.07) is 11.9. The normalized spacial score (nSPS) is 11.9. The van der Waals surface area contributed by atoms with Crippen molar-refractivity contribution in [1.82, 2.24) is 0 Å². The monoisotopic (exact) mass is 291 g/mol. The number of aliphatic hydroxyl groups is 1. The van der Waals surface area contributed by atoms with Gasteiger partial charge in [0.1, 0.15) is 6.10 Å². The number of hydrogen-bond acceptors (Lipinski definition) is 4. The number of Topliss-reactive ketones (excluding diaryl/α,β-unsaturated/α-hetero) is 1. The van der Waals surface area contributed by atoms with Crippen LogP contribution < -0.4 is 0 Å². The number of ketones is 1. The first-order chi connectivity index (χ1) is 9.50. The standard InChI is InChI=1S/C14H10ClNO4/c15-10-6-7-12(16(19)20)11(8-10)14(18)13(17)9-4-2-1-3-5-9/h1-8,13,17H. The zero-order valence-corrected chi connectivity index (χ0v) is 10.9. The van der Waals surface area contributed by atoms with Crippen molar-refractivity contribution in [2.24, 2.45) is 0 Å². The van der Waals surface area contributed by atoms with Gasteiger partial charge in [-0.25, -0.2) is 0 Å². The molecule has 0 amide bonds. The highest BCUT2D eigenvalue weighted by atomic mass is 35.5. The molecule has 1 N–H and O–H groups in total. The summed E-state index contributed by atoms with van der Waals surface area (Å²) in [4.78, 5) is 22.5. The third-order valence-corrected chi connectivity index (χ3v) is 3.02. The fourth-order valence-electron chi connectivity index (χ4n) is 1.80. The Morgan fingerprint density at radius 2 is 1.85 bits per heavy atom. The van der Waals surface area contributed by atoms with Gasteiger partial charge in [-0.05, 0) is 17.7 Å². The Balaban J connectivity index is 2.43. The van der Waals surface area contributed by atoms with Gasteiger partial charge in [0.2, 0.25) is 5.78 Å². The molecule has 0 spiro atoms. The van der Waals surface area contributed by atoms with Crippen molar-refractivity contribution in [3.05, 3.63) is 74.8 Å². The molecule has 0 bridgehead atoms. The molecule has 2 rings (SSSR count). The molecule has 2 aromatic rings. The van der Waals surface area contributed by atoms with Gasteiger partial charge >= 0.3 is 0 Å². The first kappa shape index (κ1) is 14.2. The lowest BCUT2D eigenvalue weighted by atomic mass is 9.99. The van der Waals surface area contributed by atoms with Gasteiger partial charge in [-0.3, -0.25) is 14.9 Å². The van der Waals surface area contributed by atoms with Crippen molar-refractivity contribution < 1.29 is 14.8 Å². The van der Waals surface area contributed by atoms with Crippen LogP contribution in [0.25, 0.3) is 0 Å². The summed E-state index contributed by atoms with van der Waals surface area (Å²) in [6.45, 7) is 0. The fourth-order valence-corrected chi connectivity index (χ4v) is 1.97. The van der Waals surface area contributed by atoms with Crippen molar-refractivity contribution in [1.29, 1.82) is 0 Å². The Kier molecular flexibility index (Phi) is 4.12. The lowest BCUT2D eigenvalue weighted by Gasteiger charge is -2.10. The van der Waals surface area contributed by atoms with Crippen LogP contribution in [-0.4, -0.2) is 15.8 Å². The predicted molar refractivity (Wildman–Crippen MR) is 73.8 cm³/mol. The number of nitro benzene ring substituents is 1. The Bertz CT molecular complexity index is 657. The number of carbonyl (C=O) groups excluding carboxylic acids is 1. The zero-order chi connectivity index (χ0) is 14.7. The van der Waals surface area contributed by atoms with Gasteiger partial charge in [-0.2, -0.15) is 0 Å². The average Bonchev–Trinajstić information content (AvgIpc) is 2.46. The van der Waals surface area contributed by atoms with E-state index in [2.05, 4.69) is 0 Å². The van der Waals surface area contributed by atoms with Crippen molar-refractivity contribution in [2.45, 2.75) is 6.10 Å². The van der Waals surface area contributed by atoms with Crippen LogP contribution in [0.15, 0.2) is 48.5 Å². The predicted octanol–water partition coefficient (Wildman–Crippen LogP) is 3.16. The van der Waals surface area contributed by atoms with Gasteiger partial charge in [0, 0.05) is 11.1 Å². The number of benzene rings is 2. The first-order valence-electron chi connectivity index (χ1n) is 5.72. The molecule has 20 heavy (non-hydrogen) atoms. The molecule has 1 unspecified atom stereocenters. The highest BCUT2D eigenvalue weighted by molar-refractivity contribution is 6.31. The molecule has 102 valence electrons. The topological polar surface area (TPSA) is 80.4 Å². The van der Waals surface area contributed by atoms with E-state index in [1.54, 1.807) is 30.3 Å². The second kappa shape index (κ2) is 5.81. The van der Waals surface area contributed by atoms with E-state index in [-0.39, 0.29) is 16.3 Å². The van der Waals surface area contributed by atoms with Crippen LogP contribution in [0.5, 0.6) is 0 Å². The summed E-state index contributed by atoms with van der Waals surface area (Å²) in [6.07, 6.45) is -1.46. The maximum atomic E-state index is 12.2. The second-order valence-electron chi connectivity index (χ2n) is 4.10. The summed E-state index contributed by atoms with van der Waals surface area (Å²) in [7, 11) is 0. The van der Waals surface area contributed by atoms with Crippen LogP contribution in [0.2, 0.25) is 5.02 Å². The van der Waals surface area contributed by atoms with Crippen molar-refractivity contribution in [3.63, 3.8) is 0 Å². The summed E-state index contributed by atoms with van der Waals surface area (Å²) in [5.74, 6) is -0.759. The van der Waals surface area contributed by atoms with E-state index in [1.807, 2.05) is 0 Å². The third kappa shape index (κ3) is 2.84. The average molecular weight is 292 g/mol. The number of carbonyl (C=O) groups is 1. The van der Waals surface area contributed by atoms with E-state index in [4.69, 9.17) is 11.6 Å². The van der Waals surface area contributed by atoms with E-state index in [0.717, 1.165) is 6.07 Å². The number of hydrogen-bond donors (Lipinski definition) is 1. The Labute approximate surface area is 119 Å². The summed E-state index contributed by atoms with van der Waals surface area (Å²) < 4.78 is 0. The maximum absolute atomic E-state index is 12.2. The SMILES string of the molecule is O=C(c1cc(Cl)ccc1[N+](=O)[O-])C(O)c1ccccc1. The molecule has 0 aliphatic rings. The van der Waals surface area contributed by atoms with Crippen molar-refractivity contribution in [3.8, 4) is 0 Å². The van der Waals surface area contributed by atoms with Crippen LogP contribution in [0, 0.1) is 10.1 Å². The van der Waals surface area contributed by atoms with Gasteiger partial charge in [0.15, 0.2) is 0 Å². The molecule has 0 saturated heterocycles. The van der Waals surface area contributed by atoms with E-state index in [0.29, 0.717) is 5.56 Å². The molecule has 6 heteroatoms. The smallest absolute Gasteiger partial charge is 0.280 e. The minimum atomic E-state index is -1.46. The van der Waals surface area contributed by atoms with Crippen LogP contribution in [-0.2, 0) is 0 Å². The van der Waals surface area contributed by atoms with E-state index < -0.39 is 16.8 Å². The first-order valence-corrected chi connectivity index (χ1v) is 6.09. The van der Waals surface area contributed by atoms with Crippen LogP contribution >= 0.6 is 11.6 Å². The van der Waals surface area contributed by atoms with Gasteiger partial charge in [-0.1, -0.05) is 41.9 Å². The van der Waals surface area contributed by atoms with Gasteiger partial charge in [-0.15, -0.1) is 0 Å². The lowest BCUT2D eigenvalue weighted by molar-refractivity contribution is -0.385. The van der Waals surface area contributed by atoms with E-state index in [9.17, 15) is 20.0 Å². The van der Waals surface area contributed by atoms with Crippen LogP contribution in [0.1, 0.15) is 22.0 Å². The minimum absolute atomic E-state index is 0.194. The number of nitrogens with zero attached hydrogens (tertiary/aromatic N) is 1. The lowest BCUT2D eigenvalue weighted by Crippen LogP contribution is -2.14. The molecule has 2 aromatic carbocycles. The molecule has 0 fully saturated rings. The molecular weight excluding hydrogens is 282 g/mol. The maximum Gasteiger partial charge on any atom is 0.280 e. The molecule has 0 aromatic heterocycles. The number of rotatable bonds is 4. The zero-order valence-electron chi connectivity index (χ0n) is 10.2. The highest BCUT2D eigenvalue weighted by Gasteiger charge is 2.26. The number of aliphatic hydroxyl groups excluding tert-OH is 1. The van der Waals surface area contributed by atoms with E-state index in [1.165, 1.54) is 12.1 Å². The Hall–Kier alpha value is -2.24. The minimum Gasteiger partial charge on any atom is -0.380 e. The van der Waals surface area contributed by atoms with E-state index >= 15 is 0 Å². The van der Waals surface area contributed by atoms with Crippen LogP contribution in [0.3, 0.4) is 0 Å². The molecule has 5 nitrogen and oxygen atoms in total. The summed E-state index contributed by atoms with van der Waals surface area (Å²) in [5.41, 5.74) is -0.222. The molecule has 0 saturated carbocycles. The molecule has 0 radical (unpaired) electrons. The van der Waals surface area contributed by atoms with Gasteiger partial charge in [0.05, 0.1) is 10.5 Å². The number of nitro groups is 1. The highest BCUT2D eigenvalue weighted by Crippen LogP contribution is 2.27. The third-order valence-electron chi connectivity index (χ3n) is 2.78. The quantitative estimate of drug-likeness (QED) is 0.533. The van der Waals surface area contributed by atoms with Crippen molar-refractivity contribution in [2.75, 3.05) is 0 Å². The summed E-state index contributed by atoms with van der Waals surface area (Å²) in [5, 5.41) is 21.1. The largest absolute Gasteiger partial charge is 0.380 e. The molecule has 0 aliphatic heterocycles. The molecule has 1 atom stereocenters. The molecular formula is C14H10ClNO4. The molecule has 0 heterocycles. The fraction of sp³-hybridized carbons (Fsp3) is 0.0714. The molecule has 0 aliphatic carbocycles. The van der Waals surface area contributed by atoms with Gasteiger partial charge in [0.25, 0.3) is 5.69 Å². The van der Waals surface area contributed by atoms with Gasteiger partial charge < -0.3 is 5.11 Å². The summed E-state index contributed by atoms with van der Waals surface area (Å²) >= 11 is 5.76. The second-order valence-corrected chi connectivity index (χ2v) is 4.53. The number of halogens is 1. The Morgan fingerprint density at radius 1 is 1.20 bits per heavy atom. The van der Waals surface area contributed by atoms with Crippen LogP contribution in [0.4, 0.5) is 5.69 Å². The Morgan fingerprint density at radius 3 is 2.45 bits per heavy atom. The van der Waals surface area contributed by atoms with Crippen molar-refractivity contribution >= 4 is 23.1 Å².